The summed E-state index contributed by atoms with van der Waals surface area (Å²) in [4.78, 5) is 0. The summed E-state index contributed by atoms with van der Waals surface area (Å²) >= 11 is 9.90. The highest BCUT2D eigenvalue weighted by Crippen LogP contribution is 2.26. The Morgan fingerprint density at radius 3 is 2.75 bits per heavy atom. The molecular weight excluding hydrogens is 338 g/mol. The van der Waals surface area contributed by atoms with Crippen molar-refractivity contribution >= 4 is 27.5 Å². The van der Waals surface area contributed by atoms with Crippen LogP contribution in [0.15, 0.2) is 28.7 Å². The van der Waals surface area contributed by atoms with E-state index in [0.717, 1.165) is 39.4 Å². The highest BCUT2D eigenvalue weighted by molar-refractivity contribution is 9.10. The van der Waals surface area contributed by atoms with E-state index in [1.165, 1.54) is 0 Å². The molecule has 0 saturated heterocycles. The molecule has 1 aromatic heterocycles. The van der Waals surface area contributed by atoms with Gasteiger partial charge in [-0.25, -0.2) is 0 Å². The molecule has 1 heterocycles. The lowest BCUT2D eigenvalue weighted by molar-refractivity contribution is 0.585. The summed E-state index contributed by atoms with van der Waals surface area (Å²) in [5, 5.41) is 5.29. The molecule has 0 aliphatic heterocycles. The van der Waals surface area contributed by atoms with Crippen LogP contribution in [-0.2, 0) is 19.4 Å². The minimum atomic E-state index is -0.0864. The average molecular weight is 357 g/mol. The van der Waals surface area contributed by atoms with E-state index in [9.17, 15) is 0 Å². The van der Waals surface area contributed by atoms with E-state index >= 15 is 0 Å². The molecule has 0 bridgehead atoms. The number of aryl methyl sites for hydroxylation is 2. The van der Waals surface area contributed by atoms with E-state index in [1.54, 1.807) is 0 Å². The Balaban J connectivity index is 2.27. The number of halogens is 2. The molecule has 2 N–H and O–H groups in total. The van der Waals surface area contributed by atoms with Crippen LogP contribution in [0.5, 0.6) is 0 Å². The third kappa shape index (κ3) is 3.25. The fraction of sp³-hybridized carbons (Fsp3) is 0.400. The van der Waals surface area contributed by atoms with E-state index in [2.05, 4.69) is 34.9 Å². The number of nitrogens with zero attached hydrogens (tertiary/aromatic N) is 2. The quantitative estimate of drug-likeness (QED) is 0.875. The van der Waals surface area contributed by atoms with Crippen LogP contribution in [0.2, 0.25) is 5.02 Å². The SMILES string of the molecule is CCc1nn(CC)c(CC(N)c2cccc(Br)c2)c1Cl. The molecule has 0 aliphatic rings. The average Bonchev–Trinajstić information content (AvgIpc) is 2.75. The molecule has 1 unspecified atom stereocenters. The third-order valence-electron chi connectivity index (χ3n) is 3.38. The Labute approximate surface area is 133 Å². The summed E-state index contributed by atoms with van der Waals surface area (Å²) in [6, 6.07) is 7.99. The Morgan fingerprint density at radius 1 is 1.40 bits per heavy atom. The zero-order valence-corrected chi connectivity index (χ0v) is 14.1. The van der Waals surface area contributed by atoms with Gasteiger partial charge in [0.2, 0.25) is 0 Å². The molecule has 0 amide bonds. The van der Waals surface area contributed by atoms with Gasteiger partial charge in [0.25, 0.3) is 0 Å². The molecule has 20 heavy (non-hydrogen) atoms. The second kappa shape index (κ2) is 6.74. The maximum atomic E-state index is 6.42. The van der Waals surface area contributed by atoms with E-state index in [-0.39, 0.29) is 6.04 Å². The lowest BCUT2D eigenvalue weighted by atomic mass is 10.0. The first-order valence-corrected chi connectivity index (χ1v) is 7.99. The Morgan fingerprint density at radius 2 is 2.15 bits per heavy atom. The molecule has 0 saturated carbocycles. The van der Waals surface area contributed by atoms with Gasteiger partial charge >= 0.3 is 0 Å². The smallest absolute Gasteiger partial charge is 0.0850 e. The minimum Gasteiger partial charge on any atom is -0.324 e. The molecule has 1 aromatic carbocycles. The first-order valence-electron chi connectivity index (χ1n) is 6.81. The number of benzene rings is 1. The summed E-state index contributed by atoms with van der Waals surface area (Å²) < 4.78 is 2.99. The lowest BCUT2D eigenvalue weighted by Crippen LogP contribution is -2.16. The molecule has 0 aliphatic carbocycles. The molecule has 0 spiro atoms. The van der Waals surface area contributed by atoms with E-state index in [1.807, 2.05) is 28.9 Å². The summed E-state index contributed by atoms with van der Waals surface area (Å²) in [6.07, 6.45) is 1.53. The fourth-order valence-electron chi connectivity index (χ4n) is 2.28. The van der Waals surface area contributed by atoms with Gasteiger partial charge in [-0.05, 0) is 31.0 Å². The number of rotatable bonds is 5. The van der Waals surface area contributed by atoms with Crippen molar-refractivity contribution in [1.29, 1.82) is 0 Å². The molecule has 2 aromatic rings. The minimum absolute atomic E-state index is 0.0864. The van der Waals surface area contributed by atoms with Crippen molar-refractivity contribution in [1.82, 2.24) is 9.78 Å². The van der Waals surface area contributed by atoms with Gasteiger partial charge in [0.1, 0.15) is 0 Å². The third-order valence-corrected chi connectivity index (χ3v) is 4.31. The predicted octanol–water partition coefficient (Wildman–Crippen LogP) is 4.12. The lowest BCUT2D eigenvalue weighted by Gasteiger charge is -2.14. The zero-order chi connectivity index (χ0) is 14.7. The topological polar surface area (TPSA) is 43.8 Å². The number of aromatic nitrogens is 2. The monoisotopic (exact) mass is 355 g/mol. The second-order valence-electron chi connectivity index (χ2n) is 4.74. The molecule has 5 heteroatoms. The van der Waals surface area contributed by atoms with Gasteiger partial charge in [-0.1, -0.05) is 46.6 Å². The van der Waals surface area contributed by atoms with Crippen LogP contribution in [0, 0.1) is 0 Å². The van der Waals surface area contributed by atoms with Crippen LogP contribution in [-0.4, -0.2) is 9.78 Å². The summed E-state index contributed by atoms with van der Waals surface area (Å²) in [5.41, 5.74) is 9.39. The second-order valence-corrected chi connectivity index (χ2v) is 6.04. The zero-order valence-electron chi connectivity index (χ0n) is 11.7. The van der Waals surface area contributed by atoms with E-state index in [0.29, 0.717) is 6.42 Å². The van der Waals surface area contributed by atoms with Crippen molar-refractivity contribution in [3.8, 4) is 0 Å². The van der Waals surface area contributed by atoms with Crippen LogP contribution in [0.1, 0.15) is 36.8 Å². The molecule has 0 radical (unpaired) electrons. The summed E-state index contributed by atoms with van der Waals surface area (Å²) in [5.74, 6) is 0. The van der Waals surface area contributed by atoms with Crippen molar-refractivity contribution in [2.24, 2.45) is 5.73 Å². The van der Waals surface area contributed by atoms with Gasteiger partial charge in [-0.3, -0.25) is 4.68 Å². The van der Waals surface area contributed by atoms with Gasteiger partial charge in [-0.2, -0.15) is 5.10 Å². The Bertz CT molecular complexity index is 595. The van der Waals surface area contributed by atoms with E-state index in [4.69, 9.17) is 17.3 Å². The van der Waals surface area contributed by atoms with Crippen molar-refractivity contribution in [3.05, 3.63) is 50.7 Å². The number of hydrogen-bond acceptors (Lipinski definition) is 2. The molecule has 2 rings (SSSR count). The maximum absolute atomic E-state index is 6.42. The van der Waals surface area contributed by atoms with Crippen molar-refractivity contribution in [2.75, 3.05) is 0 Å². The standard InChI is InChI=1S/C15H19BrClN3/c1-3-13-15(17)14(20(4-2)19-13)9-12(18)10-6-5-7-11(16)8-10/h5-8,12H,3-4,9,18H2,1-2H3. The Hall–Kier alpha value is -0.840. The highest BCUT2D eigenvalue weighted by Gasteiger charge is 2.17. The largest absolute Gasteiger partial charge is 0.324 e. The van der Waals surface area contributed by atoms with Crippen molar-refractivity contribution in [3.63, 3.8) is 0 Å². The summed E-state index contributed by atoms with van der Waals surface area (Å²) in [7, 11) is 0. The normalized spacial score (nSPS) is 12.7. The van der Waals surface area contributed by atoms with Crippen LogP contribution in [0.25, 0.3) is 0 Å². The maximum Gasteiger partial charge on any atom is 0.0850 e. The van der Waals surface area contributed by atoms with Gasteiger partial charge in [0, 0.05) is 23.5 Å². The van der Waals surface area contributed by atoms with Crippen LogP contribution in [0.4, 0.5) is 0 Å². The first kappa shape index (κ1) is 15.5. The van der Waals surface area contributed by atoms with Crippen LogP contribution >= 0.6 is 27.5 Å². The van der Waals surface area contributed by atoms with Gasteiger partial charge in [0.05, 0.1) is 16.4 Å². The van der Waals surface area contributed by atoms with Crippen molar-refractivity contribution < 1.29 is 0 Å². The van der Waals surface area contributed by atoms with Gasteiger partial charge in [-0.15, -0.1) is 0 Å². The predicted molar refractivity (Wildman–Crippen MR) is 87.1 cm³/mol. The van der Waals surface area contributed by atoms with Crippen LogP contribution < -0.4 is 5.73 Å². The molecular formula is C15H19BrClN3. The molecule has 1 atom stereocenters. The van der Waals surface area contributed by atoms with Gasteiger partial charge in [0.15, 0.2) is 0 Å². The number of nitrogens with two attached hydrogens (primary N) is 1. The first-order chi connectivity index (χ1) is 9.56. The van der Waals surface area contributed by atoms with Crippen LogP contribution in [0.3, 0.4) is 0 Å². The van der Waals surface area contributed by atoms with Gasteiger partial charge < -0.3 is 5.73 Å². The number of hydrogen-bond donors (Lipinski definition) is 1. The van der Waals surface area contributed by atoms with E-state index < -0.39 is 0 Å². The highest BCUT2D eigenvalue weighted by atomic mass is 79.9. The fourth-order valence-corrected chi connectivity index (χ4v) is 3.04. The molecule has 3 nitrogen and oxygen atoms in total. The molecule has 108 valence electrons. The summed E-state index contributed by atoms with van der Waals surface area (Å²) in [6.45, 7) is 4.93. The molecule has 0 fully saturated rings. The van der Waals surface area contributed by atoms with Crippen molar-refractivity contribution in [2.45, 2.75) is 39.3 Å². The Kier molecular flexibility index (Phi) is 5.24.